The smallest absolute Gasteiger partial charge is 0.358 e. The molecule has 0 aromatic rings. The van der Waals surface area contributed by atoms with Gasteiger partial charge < -0.3 is 14.9 Å². The average molecular weight is 497 g/mol. The van der Waals surface area contributed by atoms with Crippen LogP contribution in [-0.2, 0) is 21.7 Å². The molecule has 0 radical (unpaired) electrons. The van der Waals surface area contributed by atoms with Crippen molar-refractivity contribution >= 4 is 32.3 Å². The zero-order valence-corrected chi connectivity index (χ0v) is 27.6. The molecule has 5 heteroatoms. The molecule has 0 N–H and O–H groups in total. The van der Waals surface area contributed by atoms with E-state index in [0.717, 1.165) is 0 Å². The van der Waals surface area contributed by atoms with Gasteiger partial charge in [-0.2, -0.15) is 10.4 Å². The summed E-state index contributed by atoms with van der Waals surface area (Å²) in [7, 11) is -4.32. The molecule has 0 saturated carbocycles. The number of rotatable bonds is 4. The molecule has 2 aliphatic carbocycles. The van der Waals surface area contributed by atoms with E-state index in [4.69, 9.17) is 0 Å². The average Bonchev–Trinajstić information content (AvgIpc) is 3.06. The van der Waals surface area contributed by atoms with Crippen molar-refractivity contribution in [2.45, 2.75) is 91.4 Å². The van der Waals surface area contributed by atoms with Gasteiger partial charge in [-0.05, 0) is 0 Å². The zero-order chi connectivity index (χ0) is 20.6. The molecule has 0 nitrogen and oxygen atoms in total. The van der Waals surface area contributed by atoms with Crippen LogP contribution in [0.4, 0.5) is 0 Å². The fourth-order valence-electron chi connectivity index (χ4n) is 2.91. The third kappa shape index (κ3) is 11.1. The van der Waals surface area contributed by atoms with Crippen molar-refractivity contribution < 1.29 is 21.7 Å². The minimum Gasteiger partial charge on any atom is -0.358 e. The van der Waals surface area contributed by atoms with Crippen LogP contribution in [0.25, 0.3) is 0 Å². The van der Waals surface area contributed by atoms with Crippen LogP contribution in [0.1, 0.15) is 12.8 Å². The molecular weight excluding hydrogens is 448 g/mol. The van der Waals surface area contributed by atoms with E-state index in [0.29, 0.717) is 0 Å². The van der Waals surface area contributed by atoms with Gasteiger partial charge in [-0.15, -0.1) is 12.8 Å². The van der Waals surface area contributed by atoms with Crippen molar-refractivity contribution in [2.24, 2.45) is 0 Å². The first-order valence-corrected chi connectivity index (χ1v) is 24.1. The molecule has 0 aliphatic heterocycles. The minimum atomic E-state index is -1.09. The molecule has 29 heavy (non-hydrogen) atoms. The van der Waals surface area contributed by atoms with Gasteiger partial charge >= 0.3 is 21.7 Å². The topological polar surface area (TPSA) is 0 Å². The molecule has 0 aromatic carbocycles. The van der Waals surface area contributed by atoms with Crippen molar-refractivity contribution in [2.75, 3.05) is 0 Å². The fourth-order valence-corrected chi connectivity index (χ4v) is 8.09. The van der Waals surface area contributed by atoms with Gasteiger partial charge in [0.2, 0.25) is 0 Å². The molecule has 2 aliphatic rings. The van der Waals surface area contributed by atoms with E-state index in [-0.39, 0.29) is 36.6 Å². The summed E-state index contributed by atoms with van der Waals surface area (Å²) in [6, 6.07) is 0. The second-order valence-electron chi connectivity index (χ2n) is 11.9. The SMILES string of the molecule is C[Si](C)(C)C1=[C-]C([Si](C)(C)C)=CC1.C[Si](C)(C)C1=[C-]C([Si](C)(C)C)=CC1.[CH3-].[CH3-].[Ti+4]. The number of allylic oxidation sites excluding steroid dienone is 8. The summed E-state index contributed by atoms with van der Waals surface area (Å²) in [5.41, 5.74) is 0. The van der Waals surface area contributed by atoms with Crippen molar-refractivity contribution in [3.05, 3.63) is 59.9 Å². The van der Waals surface area contributed by atoms with E-state index in [2.05, 4.69) is 103 Å². The van der Waals surface area contributed by atoms with Crippen LogP contribution < -0.4 is 0 Å². The van der Waals surface area contributed by atoms with Crippen LogP contribution >= 0.6 is 0 Å². The number of hydrogen-bond acceptors (Lipinski definition) is 0. The largest absolute Gasteiger partial charge is 4.00 e. The Morgan fingerprint density at radius 1 is 0.517 bits per heavy atom. The zero-order valence-electron chi connectivity index (χ0n) is 22.1. The van der Waals surface area contributed by atoms with Crippen molar-refractivity contribution in [3.63, 3.8) is 0 Å². The van der Waals surface area contributed by atoms with Gasteiger partial charge in [0.15, 0.2) is 0 Å². The summed E-state index contributed by atoms with van der Waals surface area (Å²) < 4.78 is 0. The Labute approximate surface area is 204 Å². The Bertz CT molecular complexity index is 582. The summed E-state index contributed by atoms with van der Waals surface area (Å²) in [5.74, 6) is 0. The van der Waals surface area contributed by atoms with Crippen LogP contribution in [-0.4, -0.2) is 32.3 Å². The van der Waals surface area contributed by atoms with E-state index in [1.54, 1.807) is 20.8 Å². The molecule has 0 aromatic heterocycles. The molecule has 0 saturated heterocycles. The second kappa shape index (κ2) is 12.0. The molecule has 0 bridgehead atoms. The van der Waals surface area contributed by atoms with Gasteiger partial charge in [0.1, 0.15) is 0 Å². The number of hydrogen-bond donors (Lipinski definition) is 0. The van der Waals surface area contributed by atoms with Crippen molar-refractivity contribution in [3.8, 4) is 0 Å². The summed E-state index contributed by atoms with van der Waals surface area (Å²) in [5, 5.41) is 6.32. The summed E-state index contributed by atoms with van der Waals surface area (Å²) >= 11 is 0. The minimum absolute atomic E-state index is 0. The molecule has 0 unspecified atom stereocenters. The molecule has 0 spiro atoms. The maximum absolute atomic E-state index is 3.67. The Morgan fingerprint density at radius 2 is 0.759 bits per heavy atom. The van der Waals surface area contributed by atoms with E-state index in [1.165, 1.54) is 12.8 Å². The molecular formula is C24H48Si4Ti. The van der Waals surface area contributed by atoms with E-state index in [1.807, 2.05) is 0 Å². The normalized spacial score (nSPS) is 16.7. The predicted octanol–water partition coefficient (Wildman–Crippen LogP) is 8.50. The monoisotopic (exact) mass is 496 g/mol. The maximum atomic E-state index is 3.67. The third-order valence-corrected chi connectivity index (χ3v) is 13.2. The molecule has 164 valence electrons. The first-order valence-electron chi connectivity index (χ1n) is 10.1. The fraction of sp³-hybridized carbons (Fsp3) is 0.583. The van der Waals surface area contributed by atoms with Crippen LogP contribution in [0.5, 0.6) is 0 Å². The van der Waals surface area contributed by atoms with Gasteiger partial charge in [0.05, 0.1) is 16.1 Å². The van der Waals surface area contributed by atoms with Crippen molar-refractivity contribution in [1.82, 2.24) is 0 Å². The molecule has 0 amide bonds. The Morgan fingerprint density at radius 3 is 0.862 bits per heavy atom. The van der Waals surface area contributed by atoms with E-state index < -0.39 is 32.3 Å². The van der Waals surface area contributed by atoms with Crippen molar-refractivity contribution in [1.29, 1.82) is 0 Å². The Balaban J connectivity index is -0.000000422. The summed E-state index contributed by atoms with van der Waals surface area (Å²) in [6.45, 7) is 28.9. The second-order valence-corrected chi connectivity index (χ2v) is 32.1. The molecule has 0 heterocycles. The Hall–Kier alpha value is 0.542. The van der Waals surface area contributed by atoms with Gasteiger partial charge in [-0.3, -0.25) is 12.2 Å². The van der Waals surface area contributed by atoms with Crippen LogP contribution in [0.2, 0.25) is 78.6 Å². The van der Waals surface area contributed by atoms with E-state index >= 15 is 0 Å². The van der Waals surface area contributed by atoms with Gasteiger partial charge in [0, 0.05) is 16.1 Å². The maximum Gasteiger partial charge on any atom is 4.00 e. The molecule has 2 rings (SSSR count). The molecule has 0 fully saturated rings. The van der Waals surface area contributed by atoms with Crippen LogP contribution in [0.15, 0.2) is 32.9 Å². The first kappa shape index (κ1) is 34.2. The summed E-state index contributed by atoms with van der Waals surface area (Å²) in [6.07, 6.45) is 14.6. The van der Waals surface area contributed by atoms with Crippen LogP contribution in [0.3, 0.4) is 0 Å². The van der Waals surface area contributed by atoms with Crippen LogP contribution in [0, 0.1) is 27.0 Å². The first-order chi connectivity index (χ1) is 11.4. The van der Waals surface area contributed by atoms with Gasteiger partial charge in [-0.1, -0.05) is 78.6 Å². The quantitative estimate of drug-likeness (QED) is 0.270. The third-order valence-electron chi connectivity index (χ3n) is 5.02. The van der Waals surface area contributed by atoms with Gasteiger partial charge in [0.25, 0.3) is 0 Å². The standard InChI is InChI=1S/2C11H21Si2.2CH3.Ti/c2*1-12(2,3)10-7-8-11(9-10)13(4,5)6;;;/h2*7H,8H2,1-6H3;2*1H3;/q4*-1;+4. The predicted molar refractivity (Wildman–Crippen MR) is 145 cm³/mol. The van der Waals surface area contributed by atoms with E-state index in [9.17, 15) is 0 Å². The van der Waals surface area contributed by atoms with Gasteiger partial charge in [-0.25, -0.2) is 22.5 Å². The summed E-state index contributed by atoms with van der Waals surface area (Å²) in [4.78, 5) is 0. The Kier molecular flexibility index (Phi) is 14.1. The molecule has 0 atom stereocenters.